The third-order valence-corrected chi connectivity index (χ3v) is 13.5. The Hall–Kier alpha value is -2.02. The summed E-state index contributed by atoms with van der Waals surface area (Å²) in [6.45, 7) is 15.7. The van der Waals surface area contributed by atoms with E-state index in [4.69, 9.17) is 46.1 Å². The van der Waals surface area contributed by atoms with Crippen molar-refractivity contribution >= 4 is 54.6 Å². The van der Waals surface area contributed by atoms with Gasteiger partial charge in [-0.05, 0) is 85.3 Å². The van der Waals surface area contributed by atoms with E-state index in [1.807, 2.05) is 6.08 Å². The predicted molar refractivity (Wildman–Crippen MR) is 180 cm³/mol. The molecule has 10 nitrogen and oxygen atoms in total. The molecule has 0 heterocycles. The lowest BCUT2D eigenvalue weighted by Gasteiger charge is -2.39. The third kappa shape index (κ3) is 9.99. The van der Waals surface area contributed by atoms with E-state index in [0.29, 0.717) is 9.14 Å². The van der Waals surface area contributed by atoms with Crippen molar-refractivity contribution in [3.63, 3.8) is 0 Å². The molecular formula is C31H45ClINO9Si. The lowest BCUT2D eigenvalue weighted by atomic mass is 9.95. The predicted octanol–water partition coefficient (Wildman–Crippen LogP) is 6.68. The van der Waals surface area contributed by atoms with Gasteiger partial charge >= 0.3 is 12.1 Å². The molecule has 0 aliphatic heterocycles. The second-order valence-corrected chi connectivity index (χ2v) is 19.4. The number of nitrogens with one attached hydrogen (secondary N) is 1. The van der Waals surface area contributed by atoms with Crippen molar-refractivity contribution in [2.24, 2.45) is 0 Å². The summed E-state index contributed by atoms with van der Waals surface area (Å²) in [6, 6.07) is 2.16. The maximum atomic E-state index is 12.6. The van der Waals surface area contributed by atoms with Crippen molar-refractivity contribution in [2.45, 2.75) is 102 Å². The van der Waals surface area contributed by atoms with E-state index in [9.17, 15) is 14.7 Å². The fourth-order valence-corrected chi connectivity index (χ4v) is 6.54. The Labute approximate surface area is 280 Å². The summed E-state index contributed by atoms with van der Waals surface area (Å²) in [7, 11) is 0.538. The number of carbonyl (C=O) groups excluding carboxylic acids is 2. The topological polar surface area (TPSA) is 122 Å². The second-order valence-electron chi connectivity index (χ2n) is 13.1. The number of terminal acetylenes is 1. The summed E-state index contributed by atoms with van der Waals surface area (Å²) >= 11 is 8.79. The number of benzene rings is 1. The van der Waals surface area contributed by atoms with Gasteiger partial charge in [-0.1, -0.05) is 38.3 Å². The first-order valence-electron chi connectivity index (χ1n) is 14.1. The molecule has 0 unspecified atom stereocenters. The number of halogens is 2. The molecule has 246 valence electrons. The maximum Gasteiger partial charge on any atom is 0.408 e. The van der Waals surface area contributed by atoms with Crippen molar-refractivity contribution in [1.29, 1.82) is 0 Å². The minimum Gasteiger partial charge on any atom is -0.469 e. The lowest BCUT2D eigenvalue weighted by Crippen LogP contribution is -2.47. The first-order chi connectivity index (χ1) is 20.2. The van der Waals surface area contributed by atoms with Crippen LogP contribution in [0.25, 0.3) is 0 Å². The summed E-state index contributed by atoms with van der Waals surface area (Å²) in [5.74, 6) is 2.16. The maximum absolute atomic E-state index is 12.6. The molecule has 0 saturated carbocycles. The Kier molecular flexibility index (Phi) is 13.0. The average molecular weight is 766 g/mol. The van der Waals surface area contributed by atoms with Crippen molar-refractivity contribution in [1.82, 2.24) is 5.32 Å². The van der Waals surface area contributed by atoms with Gasteiger partial charge in [0, 0.05) is 17.1 Å². The Balaban J connectivity index is 2.47. The number of ether oxygens (including phenoxy) is 5. The Bertz CT molecular complexity index is 1270. The molecule has 1 amide bonds. The SMILES string of the molecule is C#C[C@@H](Oc1c(Cl)cc([C@H](CC(=O)OC)NC(=O)OC(C)(C)C)cc1OCOC)[C@@]1(O)C[C@H](O[Si](C)(C)C(C)(C)C)C=C1I. The Morgan fingerprint density at radius 2 is 1.86 bits per heavy atom. The molecule has 1 aromatic carbocycles. The molecule has 0 bridgehead atoms. The molecule has 0 radical (unpaired) electrons. The summed E-state index contributed by atoms with van der Waals surface area (Å²) in [5.41, 5.74) is -1.93. The zero-order valence-electron chi connectivity index (χ0n) is 27.1. The van der Waals surface area contributed by atoms with Crippen LogP contribution in [0.5, 0.6) is 11.5 Å². The van der Waals surface area contributed by atoms with Gasteiger partial charge in [-0.25, -0.2) is 4.79 Å². The number of carbonyl (C=O) groups is 2. The van der Waals surface area contributed by atoms with Crippen LogP contribution in [0.4, 0.5) is 4.79 Å². The molecular weight excluding hydrogens is 721 g/mol. The normalized spacial score (nSPS) is 20.2. The second kappa shape index (κ2) is 15.0. The summed E-state index contributed by atoms with van der Waals surface area (Å²) in [5, 5.41) is 14.6. The fraction of sp³-hybridized carbons (Fsp3) is 0.613. The zero-order chi connectivity index (χ0) is 33.7. The largest absolute Gasteiger partial charge is 0.469 e. The van der Waals surface area contributed by atoms with Gasteiger partial charge in [-0.2, -0.15) is 0 Å². The standard InChI is InChI=1S/C31H45ClINO9Si/c1-12-25(31(37)17-20(15-24(31)33)43-44(10,11)30(5,6)7)41-27-21(32)13-19(14-23(27)40-18-38-8)22(16-26(35)39-9)34-28(36)42-29(2,3)4/h1,13-15,20,22,25,37H,16-18H2,2-11H3,(H,34,36)/t20-,22+,25-,31-/m1/s1. The van der Waals surface area contributed by atoms with Gasteiger partial charge in [-0.3, -0.25) is 4.79 Å². The number of amides is 1. The van der Waals surface area contributed by atoms with Gasteiger partial charge in [0.2, 0.25) is 0 Å². The van der Waals surface area contributed by atoms with Crippen LogP contribution >= 0.6 is 34.2 Å². The number of methoxy groups -OCH3 is 2. The molecule has 0 aromatic heterocycles. The molecule has 4 atom stereocenters. The van der Waals surface area contributed by atoms with Crippen molar-refractivity contribution in [2.75, 3.05) is 21.0 Å². The number of esters is 1. The molecule has 1 aliphatic rings. The third-order valence-electron chi connectivity index (χ3n) is 7.39. The number of rotatable bonds is 12. The van der Waals surface area contributed by atoms with E-state index < -0.39 is 43.7 Å². The van der Waals surface area contributed by atoms with Gasteiger partial charge in [0.05, 0.1) is 30.7 Å². The lowest BCUT2D eigenvalue weighted by molar-refractivity contribution is -0.141. The van der Waals surface area contributed by atoms with Gasteiger partial charge < -0.3 is 38.5 Å². The van der Waals surface area contributed by atoms with Crippen LogP contribution in [-0.2, 0) is 23.4 Å². The molecule has 1 aromatic rings. The number of hydrogen-bond donors (Lipinski definition) is 2. The number of alkyl carbamates (subject to hydrolysis) is 1. The number of hydrogen-bond acceptors (Lipinski definition) is 9. The van der Waals surface area contributed by atoms with Crippen LogP contribution in [0, 0.1) is 12.3 Å². The minimum atomic E-state index is -2.15. The molecule has 2 rings (SSSR count). The molecule has 0 saturated heterocycles. The highest BCUT2D eigenvalue weighted by atomic mass is 127. The Morgan fingerprint density at radius 3 is 2.39 bits per heavy atom. The van der Waals surface area contributed by atoms with Crippen molar-refractivity contribution in [3.05, 3.63) is 32.4 Å². The van der Waals surface area contributed by atoms with Crippen LogP contribution in [0.3, 0.4) is 0 Å². The van der Waals surface area contributed by atoms with E-state index in [2.05, 4.69) is 67.7 Å². The van der Waals surface area contributed by atoms with Crippen LogP contribution in [0.15, 0.2) is 21.8 Å². The molecule has 0 spiro atoms. The van der Waals surface area contributed by atoms with Crippen LogP contribution in [0.2, 0.25) is 23.2 Å². The minimum absolute atomic E-state index is 0.0259. The van der Waals surface area contributed by atoms with Crippen LogP contribution < -0.4 is 14.8 Å². The van der Waals surface area contributed by atoms with Gasteiger partial charge in [0.25, 0.3) is 0 Å². The van der Waals surface area contributed by atoms with E-state index in [-0.39, 0.29) is 47.3 Å². The zero-order valence-corrected chi connectivity index (χ0v) is 31.0. The van der Waals surface area contributed by atoms with Crippen molar-refractivity contribution < 1.29 is 42.8 Å². The molecule has 0 fully saturated rings. The van der Waals surface area contributed by atoms with Crippen LogP contribution in [0.1, 0.15) is 66.0 Å². The summed E-state index contributed by atoms with van der Waals surface area (Å²) < 4.78 is 34.5. The first-order valence-corrected chi connectivity index (χ1v) is 18.5. The summed E-state index contributed by atoms with van der Waals surface area (Å²) in [4.78, 5) is 24.9. The number of aliphatic hydroxyl groups is 1. The monoisotopic (exact) mass is 765 g/mol. The Morgan fingerprint density at radius 1 is 1.23 bits per heavy atom. The van der Waals surface area contributed by atoms with Crippen molar-refractivity contribution in [3.8, 4) is 23.8 Å². The van der Waals surface area contributed by atoms with E-state index in [1.54, 1.807) is 26.8 Å². The fourth-order valence-electron chi connectivity index (χ4n) is 4.11. The average Bonchev–Trinajstić information content (AvgIpc) is 3.16. The first kappa shape index (κ1) is 38.2. The molecule has 1 aliphatic carbocycles. The molecule has 2 N–H and O–H groups in total. The molecule has 44 heavy (non-hydrogen) atoms. The van der Waals surface area contributed by atoms with Gasteiger partial charge in [0.15, 0.2) is 32.7 Å². The van der Waals surface area contributed by atoms with Crippen LogP contribution in [-0.4, -0.2) is 69.9 Å². The van der Waals surface area contributed by atoms with Gasteiger partial charge in [0.1, 0.15) is 11.2 Å². The highest BCUT2D eigenvalue weighted by molar-refractivity contribution is 14.1. The highest BCUT2D eigenvalue weighted by Gasteiger charge is 2.49. The van der Waals surface area contributed by atoms with E-state index in [1.165, 1.54) is 20.3 Å². The molecule has 13 heteroatoms. The quantitative estimate of drug-likeness (QED) is 0.0790. The summed E-state index contributed by atoms with van der Waals surface area (Å²) in [6.07, 6.45) is 5.51. The van der Waals surface area contributed by atoms with Gasteiger partial charge in [-0.15, -0.1) is 6.42 Å². The highest BCUT2D eigenvalue weighted by Crippen LogP contribution is 2.46. The van der Waals surface area contributed by atoms with E-state index >= 15 is 0 Å². The smallest absolute Gasteiger partial charge is 0.408 e. The van der Waals surface area contributed by atoms with E-state index in [0.717, 1.165) is 0 Å².